The van der Waals surface area contributed by atoms with Crippen LogP contribution in [0.15, 0.2) is 23.2 Å². The molecule has 6 nitrogen and oxygen atoms in total. The third-order valence-corrected chi connectivity index (χ3v) is 4.45. The topological polar surface area (TPSA) is 81.1 Å². The molecule has 122 valence electrons. The van der Waals surface area contributed by atoms with E-state index in [1.54, 1.807) is 0 Å². The highest BCUT2D eigenvalue weighted by molar-refractivity contribution is 14.0. The van der Waals surface area contributed by atoms with Crippen LogP contribution in [-0.2, 0) is 32.4 Å². The molecule has 0 spiro atoms. The molecule has 1 aliphatic carbocycles. The zero-order valence-electron chi connectivity index (χ0n) is 13.0. The Kier molecular flexibility index (Phi) is 4.84. The van der Waals surface area contributed by atoms with E-state index < -0.39 is 0 Å². The molecular weight excluding hydrogens is 403 g/mol. The van der Waals surface area contributed by atoms with Gasteiger partial charge in [-0.2, -0.15) is 0 Å². The van der Waals surface area contributed by atoms with Gasteiger partial charge in [-0.1, -0.05) is 6.07 Å². The van der Waals surface area contributed by atoms with E-state index in [1.807, 2.05) is 0 Å². The van der Waals surface area contributed by atoms with Crippen molar-refractivity contribution < 1.29 is 0 Å². The number of aromatic nitrogens is 3. The number of hydrogen-bond acceptors (Lipinski definition) is 3. The Bertz CT molecular complexity index is 736. The number of anilines is 1. The maximum absolute atomic E-state index is 5.99. The molecule has 7 heteroatoms. The smallest absolute Gasteiger partial charge is 0.193 e. The van der Waals surface area contributed by atoms with Gasteiger partial charge in [-0.25, -0.2) is 4.99 Å². The summed E-state index contributed by atoms with van der Waals surface area (Å²) >= 11 is 0. The SMILES string of the molecule is I.NC(=NCc1nnc2n1CCC2)Nc1ccc2c(c1)CCC2. The normalized spacial score (nSPS) is 15.9. The highest BCUT2D eigenvalue weighted by Crippen LogP contribution is 2.24. The summed E-state index contributed by atoms with van der Waals surface area (Å²) in [4.78, 5) is 4.39. The number of nitrogens with zero attached hydrogens (tertiary/aromatic N) is 4. The lowest BCUT2D eigenvalue weighted by molar-refractivity contribution is 0.688. The molecule has 0 saturated heterocycles. The second kappa shape index (κ2) is 6.86. The summed E-state index contributed by atoms with van der Waals surface area (Å²) in [5, 5.41) is 11.5. The summed E-state index contributed by atoms with van der Waals surface area (Å²) in [6.45, 7) is 1.46. The standard InChI is InChI=1S/C16H20N6.HI/c17-16(18-10-15-21-20-14-5-2-8-22(14)15)19-13-7-6-11-3-1-4-12(11)9-13;/h6-7,9H,1-5,8,10H2,(H3,17,18,19);1H. The van der Waals surface area contributed by atoms with Crippen LogP contribution in [0.4, 0.5) is 5.69 Å². The number of aliphatic imine (C=N–C) groups is 1. The monoisotopic (exact) mass is 424 g/mol. The minimum Gasteiger partial charge on any atom is -0.370 e. The molecule has 0 bridgehead atoms. The summed E-state index contributed by atoms with van der Waals surface area (Å²) in [5.74, 6) is 2.38. The predicted molar refractivity (Wildman–Crippen MR) is 101 cm³/mol. The van der Waals surface area contributed by atoms with Gasteiger partial charge in [-0.3, -0.25) is 0 Å². The Labute approximate surface area is 152 Å². The van der Waals surface area contributed by atoms with E-state index in [0.29, 0.717) is 12.5 Å². The summed E-state index contributed by atoms with van der Waals surface area (Å²) in [7, 11) is 0. The molecule has 23 heavy (non-hydrogen) atoms. The van der Waals surface area contributed by atoms with E-state index >= 15 is 0 Å². The minimum absolute atomic E-state index is 0. The highest BCUT2D eigenvalue weighted by atomic mass is 127. The van der Waals surface area contributed by atoms with Gasteiger partial charge in [-0.05, 0) is 48.9 Å². The first kappa shape index (κ1) is 16.2. The lowest BCUT2D eigenvalue weighted by atomic mass is 10.1. The predicted octanol–water partition coefficient (Wildman–Crippen LogP) is 2.26. The highest BCUT2D eigenvalue weighted by Gasteiger charge is 2.16. The van der Waals surface area contributed by atoms with Crippen LogP contribution in [0.1, 0.15) is 35.6 Å². The number of guanidine groups is 1. The summed E-state index contributed by atoms with van der Waals surface area (Å²) in [6, 6.07) is 6.43. The average Bonchev–Trinajstić information content (AvgIpc) is 3.21. The first-order valence-electron chi connectivity index (χ1n) is 7.89. The van der Waals surface area contributed by atoms with Gasteiger partial charge in [0.15, 0.2) is 11.8 Å². The van der Waals surface area contributed by atoms with Crippen molar-refractivity contribution in [2.24, 2.45) is 10.7 Å². The quantitative estimate of drug-likeness (QED) is 0.450. The Morgan fingerprint density at radius 3 is 2.96 bits per heavy atom. The zero-order chi connectivity index (χ0) is 14.9. The van der Waals surface area contributed by atoms with Gasteiger partial charge in [0.25, 0.3) is 0 Å². The molecule has 1 aromatic carbocycles. The number of nitrogens with one attached hydrogen (secondary N) is 1. The lowest BCUT2D eigenvalue weighted by Crippen LogP contribution is -2.23. The molecular formula is C16H21IN6. The van der Waals surface area contributed by atoms with E-state index in [4.69, 9.17) is 5.73 Å². The van der Waals surface area contributed by atoms with Crippen molar-refractivity contribution in [2.75, 3.05) is 5.32 Å². The van der Waals surface area contributed by atoms with E-state index in [1.165, 1.54) is 24.0 Å². The molecule has 0 atom stereocenters. The van der Waals surface area contributed by atoms with Crippen molar-refractivity contribution in [3.8, 4) is 0 Å². The second-order valence-corrected chi connectivity index (χ2v) is 5.95. The number of nitrogens with two attached hydrogens (primary N) is 1. The summed E-state index contributed by atoms with van der Waals surface area (Å²) in [6.07, 6.45) is 5.76. The van der Waals surface area contributed by atoms with Crippen molar-refractivity contribution in [1.82, 2.24) is 14.8 Å². The van der Waals surface area contributed by atoms with Crippen LogP contribution in [0.2, 0.25) is 0 Å². The largest absolute Gasteiger partial charge is 0.370 e. The number of rotatable bonds is 3. The van der Waals surface area contributed by atoms with Crippen molar-refractivity contribution in [2.45, 2.75) is 45.2 Å². The molecule has 0 unspecified atom stereocenters. The third-order valence-electron chi connectivity index (χ3n) is 4.45. The van der Waals surface area contributed by atoms with Crippen LogP contribution < -0.4 is 11.1 Å². The molecule has 0 fully saturated rings. The van der Waals surface area contributed by atoms with Crippen molar-refractivity contribution in [3.05, 3.63) is 41.0 Å². The fourth-order valence-electron chi connectivity index (χ4n) is 3.32. The molecule has 1 aromatic heterocycles. The van der Waals surface area contributed by atoms with E-state index in [0.717, 1.165) is 43.1 Å². The molecule has 0 radical (unpaired) electrons. The molecule has 1 aliphatic heterocycles. The van der Waals surface area contributed by atoms with Crippen LogP contribution in [0.3, 0.4) is 0 Å². The van der Waals surface area contributed by atoms with E-state index in [-0.39, 0.29) is 24.0 Å². The van der Waals surface area contributed by atoms with Crippen molar-refractivity contribution in [3.63, 3.8) is 0 Å². The molecule has 0 amide bonds. The van der Waals surface area contributed by atoms with Gasteiger partial charge in [0.1, 0.15) is 12.4 Å². The van der Waals surface area contributed by atoms with Gasteiger partial charge < -0.3 is 15.6 Å². The first-order chi connectivity index (χ1) is 10.8. The Morgan fingerprint density at radius 1 is 1.17 bits per heavy atom. The van der Waals surface area contributed by atoms with Gasteiger partial charge in [0.2, 0.25) is 0 Å². The fraction of sp³-hybridized carbons (Fsp3) is 0.438. The average molecular weight is 424 g/mol. The molecule has 2 heterocycles. The van der Waals surface area contributed by atoms with Gasteiger partial charge in [0.05, 0.1) is 0 Å². The van der Waals surface area contributed by atoms with Gasteiger partial charge in [-0.15, -0.1) is 34.2 Å². The number of hydrogen-bond donors (Lipinski definition) is 2. The second-order valence-electron chi connectivity index (χ2n) is 5.95. The Hall–Kier alpha value is -1.64. The molecule has 4 rings (SSSR count). The number of aryl methyl sites for hydroxylation is 3. The van der Waals surface area contributed by atoms with Gasteiger partial charge >= 0.3 is 0 Å². The maximum Gasteiger partial charge on any atom is 0.193 e. The molecule has 0 saturated carbocycles. The molecule has 3 N–H and O–H groups in total. The van der Waals surface area contributed by atoms with Crippen LogP contribution in [-0.4, -0.2) is 20.7 Å². The Balaban J connectivity index is 0.00000156. The Morgan fingerprint density at radius 2 is 2.04 bits per heavy atom. The van der Waals surface area contributed by atoms with E-state index in [2.05, 4.69) is 43.3 Å². The number of fused-ring (bicyclic) bond motifs is 2. The number of halogens is 1. The minimum atomic E-state index is 0. The summed E-state index contributed by atoms with van der Waals surface area (Å²) < 4.78 is 2.15. The first-order valence-corrected chi connectivity index (χ1v) is 7.89. The molecule has 2 aromatic rings. The van der Waals surface area contributed by atoms with Crippen LogP contribution in [0.5, 0.6) is 0 Å². The van der Waals surface area contributed by atoms with E-state index in [9.17, 15) is 0 Å². The summed E-state index contributed by atoms with van der Waals surface area (Å²) in [5.41, 5.74) is 9.88. The van der Waals surface area contributed by atoms with Crippen LogP contribution >= 0.6 is 24.0 Å². The van der Waals surface area contributed by atoms with Crippen LogP contribution in [0, 0.1) is 0 Å². The fourth-order valence-corrected chi connectivity index (χ4v) is 3.32. The maximum atomic E-state index is 5.99. The number of benzene rings is 1. The molecule has 2 aliphatic rings. The van der Waals surface area contributed by atoms with Gasteiger partial charge in [0, 0.05) is 18.7 Å². The van der Waals surface area contributed by atoms with Crippen molar-refractivity contribution in [1.29, 1.82) is 0 Å². The van der Waals surface area contributed by atoms with Crippen molar-refractivity contribution >= 4 is 35.6 Å². The lowest BCUT2D eigenvalue weighted by Gasteiger charge is -2.08. The third kappa shape index (κ3) is 3.34. The zero-order valence-corrected chi connectivity index (χ0v) is 15.3. The van der Waals surface area contributed by atoms with Crippen LogP contribution in [0.25, 0.3) is 0 Å².